The van der Waals surface area contributed by atoms with Gasteiger partial charge in [-0.1, -0.05) is 35.3 Å². The number of sulfone groups is 1. The zero-order valence-corrected chi connectivity index (χ0v) is 16.9. The van der Waals surface area contributed by atoms with Gasteiger partial charge >= 0.3 is 5.97 Å². The molecule has 8 heteroatoms. The fourth-order valence-corrected chi connectivity index (χ4v) is 6.34. The second kappa shape index (κ2) is 7.43. The van der Waals surface area contributed by atoms with Crippen molar-refractivity contribution >= 4 is 39.0 Å². The van der Waals surface area contributed by atoms with Gasteiger partial charge in [0.05, 0.1) is 16.8 Å². The summed E-state index contributed by atoms with van der Waals surface area (Å²) in [6.07, 6.45) is 0. The molecule has 0 spiro atoms. The lowest BCUT2D eigenvalue weighted by atomic mass is 9.99. The van der Waals surface area contributed by atoms with Crippen LogP contribution in [-0.4, -0.2) is 32.8 Å². The van der Waals surface area contributed by atoms with E-state index in [0.717, 1.165) is 0 Å². The largest absolute Gasteiger partial charge is 0.465 e. The van der Waals surface area contributed by atoms with Crippen LogP contribution >= 0.6 is 23.2 Å². The Morgan fingerprint density at radius 3 is 2.37 bits per heavy atom. The van der Waals surface area contributed by atoms with Crippen molar-refractivity contribution in [1.29, 1.82) is 0 Å². The van der Waals surface area contributed by atoms with E-state index in [-0.39, 0.29) is 18.0 Å². The molecule has 1 aliphatic carbocycles. The van der Waals surface area contributed by atoms with Crippen LogP contribution < -0.4 is 5.73 Å². The molecule has 3 rings (SSSR count). The average molecular weight is 428 g/mol. The molecule has 5 nitrogen and oxygen atoms in total. The number of carbonyl (C=O) groups excluding carboxylic acids is 1. The van der Waals surface area contributed by atoms with Gasteiger partial charge in [-0.05, 0) is 48.9 Å². The predicted octanol–water partition coefficient (Wildman–Crippen LogP) is 3.44. The van der Waals surface area contributed by atoms with E-state index < -0.39 is 32.4 Å². The van der Waals surface area contributed by atoms with Gasteiger partial charge in [0.2, 0.25) is 0 Å². The van der Waals surface area contributed by atoms with Gasteiger partial charge in [0.15, 0.2) is 9.84 Å². The smallest absolute Gasteiger partial charge is 0.315 e. The van der Waals surface area contributed by atoms with Crippen LogP contribution in [0.1, 0.15) is 18.4 Å². The number of hydrogen-bond acceptors (Lipinski definition) is 5. The normalized spacial score (nSPS) is 24.4. The maximum Gasteiger partial charge on any atom is 0.315 e. The lowest BCUT2D eigenvalue weighted by molar-refractivity contribution is -0.149. The summed E-state index contributed by atoms with van der Waals surface area (Å²) in [6.45, 7) is 1.65. The van der Waals surface area contributed by atoms with E-state index in [0.29, 0.717) is 15.6 Å². The first-order valence-electron chi connectivity index (χ1n) is 8.41. The van der Waals surface area contributed by atoms with Crippen LogP contribution in [0.5, 0.6) is 0 Å². The van der Waals surface area contributed by atoms with Crippen molar-refractivity contribution in [3.05, 3.63) is 64.1 Å². The lowest BCUT2D eigenvalue weighted by Gasteiger charge is -2.14. The number of hydrogen-bond donors (Lipinski definition) is 1. The van der Waals surface area contributed by atoms with Gasteiger partial charge in [0.1, 0.15) is 5.41 Å². The minimum absolute atomic E-state index is 0.0866. The van der Waals surface area contributed by atoms with Gasteiger partial charge in [0.25, 0.3) is 0 Å². The highest BCUT2D eigenvalue weighted by molar-refractivity contribution is 7.92. The van der Waals surface area contributed by atoms with Gasteiger partial charge in [-0.3, -0.25) is 4.79 Å². The summed E-state index contributed by atoms with van der Waals surface area (Å²) in [5.41, 5.74) is 5.23. The summed E-state index contributed by atoms with van der Waals surface area (Å²) in [6, 6.07) is 12.7. The van der Waals surface area contributed by atoms with Gasteiger partial charge in [-0.25, -0.2) is 8.42 Å². The van der Waals surface area contributed by atoms with Gasteiger partial charge in [0, 0.05) is 22.5 Å². The molecule has 0 aliphatic heterocycles. The van der Waals surface area contributed by atoms with Crippen LogP contribution in [0, 0.1) is 5.41 Å². The van der Waals surface area contributed by atoms with Crippen molar-refractivity contribution in [3.8, 4) is 0 Å². The highest BCUT2D eigenvalue weighted by atomic mass is 35.5. The van der Waals surface area contributed by atoms with Gasteiger partial charge in [-0.15, -0.1) is 0 Å². The molecule has 0 aromatic heterocycles. The van der Waals surface area contributed by atoms with Crippen molar-refractivity contribution in [2.24, 2.45) is 11.1 Å². The molecule has 3 atom stereocenters. The Balaban J connectivity index is 2.12. The molecule has 0 radical (unpaired) electrons. The van der Waals surface area contributed by atoms with Gasteiger partial charge in [-0.2, -0.15) is 0 Å². The number of rotatable bonds is 6. The molecule has 1 saturated carbocycles. The summed E-state index contributed by atoms with van der Waals surface area (Å²) in [5.74, 6) is -1.25. The number of esters is 1. The van der Waals surface area contributed by atoms with E-state index in [1.165, 1.54) is 24.3 Å². The molecule has 2 aromatic carbocycles. The molecule has 0 amide bonds. The van der Waals surface area contributed by atoms with Crippen LogP contribution in [0.3, 0.4) is 0 Å². The monoisotopic (exact) mass is 427 g/mol. The number of ether oxygens (including phenoxy) is 1. The maximum absolute atomic E-state index is 13.3. The zero-order chi connectivity index (χ0) is 19.8. The van der Waals surface area contributed by atoms with Gasteiger partial charge < -0.3 is 10.5 Å². The summed E-state index contributed by atoms with van der Waals surface area (Å²) in [5, 5.41) is -0.155. The van der Waals surface area contributed by atoms with E-state index in [1.54, 1.807) is 31.2 Å². The molecule has 2 aromatic rings. The minimum Gasteiger partial charge on any atom is -0.465 e. The second-order valence-electron chi connectivity index (χ2n) is 6.42. The van der Waals surface area contributed by atoms with E-state index in [4.69, 9.17) is 33.7 Å². The topological polar surface area (TPSA) is 86.5 Å². The predicted molar refractivity (Wildman–Crippen MR) is 105 cm³/mol. The Kier molecular flexibility index (Phi) is 5.54. The third-order valence-corrected chi connectivity index (χ3v) is 7.71. The number of carbonyl (C=O) groups is 1. The molecular weight excluding hydrogens is 409 g/mol. The maximum atomic E-state index is 13.3. The van der Waals surface area contributed by atoms with Crippen molar-refractivity contribution in [2.75, 3.05) is 13.2 Å². The number of nitrogens with two attached hydrogens (primary N) is 1. The van der Waals surface area contributed by atoms with Crippen molar-refractivity contribution in [3.63, 3.8) is 0 Å². The minimum atomic E-state index is -3.86. The van der Waals surface area contributed by atoms with E-state index in [9.17, 15) is 13.2 Å². The van der Waals surface area contributed by atoms with E-state index in [2.05, 4.69) is 0 Å². The summed E-state index contributed by atoms with van der Waals surface area (Å²) in [7, 11) is -3.86. The molecular formula is C19H19Cl2NO4S. The van der Waals surface area contributed by atoms with Crippen LogP contribution in [-0.2, 0) is 19.4 Å². The summed E-state index contributed by atoms with van der Waals surface area (Å²) in [4.78, 5) is 12.8. The van der Waals surface area contributed by atoms with Crippen molar-refractivity contribution < 1.29 is 17.9 Å². The Hall–Kier alpha value is -1.60. The molecule has 2 N–H and O–H groups in total. The zero-order valence-electron chi connectivity index (χ0n) is 14.6. The first-order chi connectivity index (χ1) is 12.8. The van der Waals surface area contributed by atoms with Crippen LogP contribution in [0.25, 0.3) is 0 Å². The summed E-state index contributed by atoms with van der Waals surface area (Å²) < 4.78 is 31.8. The Morgan fingerprint density at radius 1 is 1.15 bits per heavy atom. The van der Waals surface area contributed by atoms with E-state index >= 15 is 0 Å². The quantitative estimate of drug-likeness (QED) is 0.713. The van der Waals surface area contributed by atoms with Crippen LogP contribution in [0.2, 0.25) is 10.0 Å². The average Bonchev–Trinajstić information content (AvgIpc) is 3.34. The second-order valence-corrected chi connectivity index (χ2v) is 9.36. The van der Waals surface area contributed by atoms with Crippen molar-refractivity contribution in [1.82, 2.24) is 0 Å². The molecule has 0 bridgehead atoms. The van der Waals surface area contributed by atoms with E-state index in [1.807, 2.05) is 0 Å². The molecule has 0 unspecified atom stereocenters. The van der Waals surface area contributed by atoms with Crippen LogP contribution in [0.15, 0.2) is 53.4 Å². The molecule has 1 fully saturated rings. The first-order valence-corrected chi connectivity index (χ1v) is 10.7. The Morgan fingerprint density at radius 2 is 1.81 bits per heavy atom. The Labute approximate surface area is 168 Å². The first kappa shape index (κ1) is 20.1. The third-order valence-electron chi connectivity index (χ3n) is 4.93. The highest BCUT2D eigenvalue weighted by Crippen LogP contribution is 2.64. The molecule has 0 saturated heterocycles. The highest BCUT2D eigenvalue weighted by Gasteiger charge is 2.75. The fraction of sp³-hybridized carbons (Fsp3) is 0.316. The molecule has 0 heterocycles. The molecule has 27 heavy (non-hydrogen) atoms. The SMILES string of the molecule is CCOC(=O)[C@]1(CN)[C@H](c2cccc(Cl)c2)[C@@H]1S(=O)(=O)c1ccc(Cl)cc1. The third kappa shape index (κ3) is 3.36. The number of halogens is 2. The van der Waals surface area contributed by atoms with Crippen LogP contribution in [0.4, 0.5) is 0 Å². The fourth-order valence-electron chi connectivity index (χ4n) is 3.64. The summed E-state index contributed by atoms with van der Waals surface area (Å²) >= 11 is 11.9. The Bertz CT molecular complexity index is 962. The van der Waals surface area contributed by atoms with Crippen molar-refractivity contribution in [2.45, 2.75) is 23.0 Å². The molecule has 1 aliphatic rings. The lowest BCUT2D eigenvalue weighted by Crippen LogP contribution is -2.33. The standard InChI is InChI=1S/C19H19Cl2NO4S/c1-2-26-18(23)19(11-22)16(12-4-3-5-14(21)10-12)17(19)27(24,25)15-8-6-13(20)7-9-15/h3-10,16-17H,2,11,22H2,1H3/t16-,17+,19-/m1/s1. The molecule has 144 valence electrons. The number of benzene rings is 2.